The molecule has 25 heavy (non-hydrogen) atoms. The van der Waals surface area contributed by atoms with Gasteiger partial charge in [-0.15, -0.1) is 0 Å². The summed E-state index contributed by atoms with van der Waals surface area (Å²) in [6, 6.07) is 9.03. The van der Waals surface area contributed by atoms with E-state index in [0.29, 0.717) is 19.4 Å². The van der Waals surface area contributed by atoms with Gasteiger partial charge >= 0.3 is 0 Å². The molecule has 0 aliphatic heterocycles. The minimum absolute atomic E-state index is 0.133. The fraction of sp³-hybridized carbons (Fsp3) is 0.421. The molecule has 1 heterocycles. The van der Waals surface area contributed by atoms with Crippen molar-refractivity contribution >= 4 is 11.8 Å². The smallest absolute Gasteiger partial charge is 0.242 e. The van der Waals surface area contributed by atoms with E-state index in [0.717, 1.165) is 17.7 Å². The Hall–Kier alpha value is -2.63. The van der Waals surface area contributed by atoms with Crippen LogP contribution in [0.3, 0.4) is 0 Å². The second kappa shape index (κ2) is 9.61. The molecule has 6 nitrogen and oxygen atoms in total. The number of aromatic nitrogens is 2. The average Bonchev–Trinajstić information content (AvgIpc) is 3.00. The third-order valence-corrected chi connectivity index (χ3v) is 4.03. The SMILES string of the molecule is CCC[C@H](NC(=O)Cc1ccccc1)C(=O)NCCc1cncn1C. The third kappa shape index (κ3) is 6.06. The van der Waals surface area contributed by atoms with Crippen molar-refractivity contribution in [2.45, 2.75) is 38.6 Å². The Bertz CT molecular complexity index is 682. The van der Waals surface area contributed by atoms with Crippen molar-refractivity contribution in [1.29, 1.82) is 0 Å². The van der Waals surface area contributed by atoms with Gasteiger partial charge in [-0.3, -0.25) is 9.59 Å². The van der Waals surface area contributed by atoms with Gasteiger partial charge in [0.15, 0.2) is 0 Å². The molecule has 2 N–H and O–H groups in total. The van der Waals surface area contributed by atoms with Crippen LogP contribution >= 0.6 is 0 Å². The lowest BCUT2D eigenvalue weighted by molar-refractivity contribution is -0.128. The maximum absolute atomic E-state index is 12.4. The summed E-state index contributed by atoms with van der Waals surface area (Å²) in [4.78, 5) is 28.6. The number of aryl methyl sites for hydroxylation is 1. The Balaban J connectivity index is 1.82. The second-order valence-corrected chi connectivity index (χ2v) is 6.11. The first kappa shape index (κ1) is 18.7. The molecule has 6 heteroatoms. The summed E-state index contributed by atoms with van der Waals surface area (Å²) in [6.45, 7) is 2.52. The number of nitrogens with zero attached hydrogens (tertiary/aromatic N) is 2. The van der Waals surface area contributed by atoms with E-state index in [1.807, 2.05) is 48.9 Å². The molecule has 0 aliphatic carbocycles. The molecule has 0 unspecified atom stereocenters. The van der Waals surface area contributed by atoms with Crippen LogP contribution in [-0.2, 0) is 29.5 Å². The van der Waals surface area contributed by atoms with Gasteiger partial charge in [-0.1, -0.05) is 43.7 Å². The zero-order chi connectivity index (χ0) is 18.1. The van der Waals surface area contributed by atoms with Crippen molar-refractivity contribution in [2.24, 2.45) is 7.05 Å². The predicted octanol–water partition coefficient (Wildman–Crippen LogP) is 1.61. The van der Waals surface area contributed by atoms with Gasteiger partial charge < -0.3 is 15.2 Å². The number of nitrogens with one attached hydrogen (secondary N) is 2. The van der Waals surface area contributed by atoms with Crippen molar-refractivity contribution in [1.82, 2.24) is 20.2 Å². The van der Waals surface area contributed by atoms with Crippen LogP contribution in [0.4, 0.5) is 0 Å². The van der Waals surface area contributed by atoms with E-state index in [4.69, 9.17) is 0 Å². The van der Waals surface area contributed by atoms with Crippen LogP contribution in [0.2, 0.25) is 0 Å². The number of benzene rings is 1. The Morgan fingerprint density at radius 1 is 1.24 bits per heavy atom. The van der Waals surface area contributed by atoms with Gasteiger partial charge in [0.25, 0.3) is 0 Å². The highest BCUT2D eigenvalue weighted by Gasteiger charge is 2.19. The molecular weight excluding hydrogens is 316 g/mol. The summed E-state index contributed by atoms with van der Waals surface area (Å²) < 4.78 is 1.93. The zero-order valence-electron chi connectivity index (χ0n) is 14.9. The van der Waals surface area contributed by atoms with Gasteiger partial charge in [-0.25, -0.2) is 4.98 Å². The van der Waals surface area contributed by atoms with E-state index in [9.17, 15) is 9.59 Å². The van der Waals surface area contributed by atoms with Crippen molar-refractivity contribution in [2.75, 3.05) is 6.54 Å². The molecule has 2 aromatic rings. The van der Waals surface area contributed by atoms with Gasteiger partial charge in [0.2, 0.25) is 11.8 Å². The number of carbonyl (C=O) groups is 2. The van der Waals surface area contributed by atoms with Crippen LogP contribution in [-0.4, -0.2) is 34.0 Å². The van der Waals surface area contributed by atoms with Crippen molar-refractivity contribution < 1.29 is 9.59 Å². The lowest BCUT2D eigenvalue weighted by Crippen LogP contribution is -2.47. The number of hydrogen-bond donors (Lipinski definition) is 2. The quantitative estimate of drug-likeness (QED) is 0.727. The van der Waals surface area contributed by atoms with E-state index >= 15 is 0 Å². The molecule has 0 fully saturated rings. The number of imidazole rings is 1. The minimum Gasteiger partial charge on any atom is -0.354 e. The fourth-order valence-corrected chi connectivity index (χ4v) is 2.65. The molecule has 0 radical (unpaired) electrons. The van der Waals surface area contributed by atoms with Crippen LogP contribution < -0.4 is 10.6 Å². The van der Waals surface area contributed by atoms with E-state index in [1.165, 1.54) is 0 Å². The maximum Gasteiger partial charge on any atom is 0.242 e. The summed E-state index contributed by atoms with van der Waals surface area (Å²) >= 11 is 0. The summed E-state index contributed by atoms with van der Waals surface area (Å²) in [5.74, 6) is -0.267. The van der Waals surface area contributed by atoms with Crippen molar-refractivity contribution in [3.63, 3.8) is 0 Å². The van der Waals surface area contributed by atoms with Gasteiger partial charge in [-0.2, -0.15) is 0 Å². The molecule has 1 aromatic carbocycles. The largest absolute Gasteiger partial charge is 0.354 e. The van der Waals surface area contributed by atoms with Gasteiger partial charge in [-0.05, 0) is 12.0 Å². The number of rotatable bonds is 9. The lowest BCUT2D eigenvalue weighted by Gasteiger charge is -2.18. The zero-order valence-corrected chi connectivity index (χ0v) is 14.9. The summed E-state index contributed by atoms with van der Waals surface area (Å²) in [6.07, 6.45) is 5.96. The summed E-state index contributed by atoms with van der Waals surface area (Å²) in [5.41, 5.74) is 1.99. The Morgan fingerprint density at radius 2 is 2.00 bits per heavy atom. The van der Waals surface area contributed by atoms with Crippen LogP contribution in [0.1, 0.15) is 31.0 Å². The maximum atomic E-state index is 12.4. The number of carbonyl (C=O) groups excluding carboxylic acids is 2. The van der Waals surface area contributed by atoms with Gasteiger partial charge in [0.1, 0.15) is 6.04 Å². The van der Waals surface area contributed by atoms with E-state index in [-0.39, 0.29) is 18.2 Å². The van der Waals surface area contributed by atoms with E-state index in [2.05, 4.69) is 15.6 Å². The second-order valence-electron chi connectivity index (χ2n) is 6.11. The molecule has 2 rings (SSSR count). The molecule has 1 aromatic heterocycles. The highest BCUT2D eigenvalue weighted by atomic mass is 16.2. The molecule has 2 amide bonds. The first-order valence-electron chi connectivity index (χ1n) is 8.66. The van der Waals surface area contributed by atoms with Crippen LogP contribution in [0.5, 0.6) is 0 Å². The molecular formula is C19H26N4O2. The van der Waals surface area contributed by atoms with Crippen molar-refractivity contribution in [3.8, 4) is 0 Å². The summed E-state index contributed by atoms with van der Waals surface area (Å²) in [7, 11) is 1.92. The molecule has 1 atom stereocenters. The Morgan fingerprint density at radius 3 is 2.64 bits per heavy atom. The first-order chi connectivity index (χ1) is 12.1. The standard InChI is InChI=1S/C19H26N4O2/c1-3-7-17(22-18(24)12-15-8-5-4-6-9-15)19(25)21-11-10-16-13-20-14-23(16)2/h4-6,8-9,13-14,17H,3,7,10-12H2,1-2H3,(H,21,25)(H,22,24)/t17-/m0/s1. The van der Waals surface area contributed by atoms with E-state index in [1.54, 1.807) is 12.5 Å². The van der Waals surface area contributed by atoms with Gasteiger partial charge in [0, 0.05) is 31.9 Å². The highest BCUT2D eigenvalue weighted by molar-refractivity contribution is 5.88. The Labute approximate surface area is 148 Å². The minimum atomic E-state index is -0.493. The average molecular weight is 342 g/mol. The highest BCUT2D eigenvalue weighted by Crippen LogP contribution is 2.02. The third-order valence-electron chi connectivity index (χ3n) is 4.03. The lowest BCUT2D eigenvalue weighted by atomic mass is 10.1. The van der Waals surface area contributed by atoms with Crippen molar-refractivity contribution in [3.05, 3.63) is 54.1 Å². The molecule has 0 bridgehead atoms. The predicted molar refractivity (Wildman–Crippen MR) is 96.9 cm³/mol. The van der Waals surface area contributed by atoms with Gasteiger partial charge in [0.05, 0.1) is 12.7 Å². The number of amides is 2. The van der Waals surface area contributed by atoms with Crippen LogP contribution in [0.15, 0.2) is 42.9 Å². The fourth-order valence-electron chi connectivity index (χ4n) is 2.65. The molecule has 0 spiro atoms. The Kier molecular flexibility index (Phi) is 7.19. The normalized spacial score (nSPS) is 11.8. The molecule has 0 saturated heterocycles. The molecule has 0 saturated carbocycles. The number of hydrogen-bond acceptors (Lipinski definition) is 3. The topological polar surface area (TPSA) is 76.0 Å². The first-order valence-corrected chi connectivity index (χ1v) is 8.66. The van der Waals surface area contributed by atoms with Crippen LogP contribution in [0, 0.1) is 0 Å². The summed E-state index contributed by atoms with van der Waals surface area (Å²) in [5, 5.41) is 5.76. The van der Waals surface area contributed by atoms with E-state index < -0.39 is 6.04 Å². The van der Waals surface area contributed by atoms with Crippen LogP contribution in [0.25, 0.3) is 0 Å². The molecule has 0 aliphatic rings. The monoisotopic (exact) mass is 342 g/mol. The molecule has 134 valence electrons.